The molecule has 29 heavy (non-hydrogen) atoms. The van der Waals surface area contributed by atoms with E-state index in [0.717, 1.165) is 57.8 Å². The molecule has 4 heteroatoms. The van der Waals surface area contributed by atoms with Crippen LogP contribution in [0.2, 0.25) is 0 Å². The minimum Gasteiger partial charge on any atom is -0.434 e. The predicted octanol–water partition coefficient (Wildman–Crippen LogP) is 6.09. The van der Waals surface area contributed by atoms with Crippen LogP contribution in [0.1, 0.15) is 85.0 Å². The van der Waals surface area contributed by atoms with Crippen LogP contribution in [0.25, 0.3) is 0 Å². The van der Waals surface area contributed by atoms with E-state index >= 15 is 0 Å². The molecule has 0 aromatic heterocycles. The standard InChI is InChI=1S/C25H38O4/c1-4-5-6-13-28-24(27)29-22-10-9-21-23-16(2)14-17-15-18(26)7-8-19(17)20(23)11-12-25(21,22)3/h15-16,19-23H,4-14H2,1-3H3/t16-,19?,20?,21?,22+,23?,25+/m1/s1. The molecule has 162 valence electrons. The molecule has 4 nitrogen and oxygen atoms in total. The molecule has 0 aromatic carbocycles. The maximum Gasteiger partial charge on any atom is 0.508 e. The molecule has 0 bridgehead atoms. The van der Waals surface area contributed by atoms with Crippen LogP contribution < -0.4 is 0 Å². The Labute approximate surface area is 175 Å². The number of rotatable bonds is 5. The van der Waals surface area contributed by atoms with Crippen molar-refractivity contribution in [2.45, 2.75) is 91.1 Å². The zero-order chi connectivity index (χ0) is 20.6. The Morgan fingerprint density at radius 3 is 2.83 bits per heavy atom. The number of fused-ring (bicyclic) bond motifs is 5. The van der Waals surface area contributed by atoms with Gasteiger partial charge in [0.1, 0.15) is 6.10 Å². The van der Waals surface area contributed by atoms with Crippen molar-refractivity contribution in [2.75, 3.05) is 6.61 Å². The van der Waals surface area contributed by atoms with E-state index in [-0.39, 0.29) is 11.5 Å². The fourth-order valence-corrected chi connectivity index (χ4v) is 7.39. The van der Waals surface area contributed by atoms with E-state index in [2.05, 4.69) is 20.8 Å². The number of hydrogen-bond acceptors (Lipinski definition) is 4. The number of allylic oxidation sites excluding steroid dienone is 1. The fourth-order valence-electron chi connectivity index (χ4n) is 7.39. The van der Waals surface area contributed by atoms with Crippen LogP contribution in [-0.4, -0.2) is 24.6 Å². The largest absolute Gasteiger partial charge is 0.508 e. The van der Waals surface area contributed by atoms with Crippen molar-refractivity contribution >= 4 is 11.9 Å². The van der Waals surface area contributed by atoms with E-state index in [1.54, 1.807) is 0 Å². The Kier molecular flexibility index (Phi) is 6.09. The molecular formula is C25H38O4. The molecule has 4 aliphatic rings. The Hall–Kier alpha value is -1.32. The number of unbranched alkanes of at least 4 members (excludes halogenated alkanes) is 2. The van der Waals surface area contributed by atoms with Crippen molar-refractivity contribution in [1.29, 1.82) is 0 Å². The van der Waals surface area contributed by atoms with E-state index in [4.69, 9.17) is 9.47 Å². The fraction of sp³-hybridized carbons (Fsp3) is 0.840. The molecule has 0 heterocycles. The van der Waals surface area contributed by atoms with Gasteiger partial charge in [-0.1, -0.05) is 39.2 Å². The van der Waals surface area contributed by atoms with E-state index in [9.17, 15) is 9.59 Å². The summed E-state index contributed by atoms with van der Waals surface area (Å²) in [6.07, 6.45) is 11.9. The van der Waals surface area contributed by atoms with Gasteiger partial charge in [0.05, 0.1) is 6.61 Å². The number of carbonyl (C=O) groups is 2. The van der Waals surface area contributed by atoms with Crippen molar-refractivity contribution in [2.24, 2.45) is 35.0 Å². The van der Waals surface area contributed by atoms with E-state index in [1.807, 2.05) is 6.08 Å². The van der Waals surface area contributed by atoms with Crippen LogP contribution in [0.4, 0.5) is 4.79 Å². The molecule has 0 N–H and O–H groups in total. The summed E-state index contributed by atoms with van der Waals surface area (Å²) in [5.74, 6) is 3.57. The van der Waals surface area contributed by atoms with Crippen molar-refractivity contribution in [1.82, 2.24) is 0 Å². The minimum atomic E-state index is -0.470. The van der Waals surface area contributed by atoms with Gasteiger partial charge >= 0.3 is 6.16 Å². The summed E-state index contributed by atoms with van der Waals surface area (Å²) in [5, 5.41) is 0. The van der Waals surface area contributed by atoms with E-state index < -0.39 is 6.16 Å². The first-order valence-electron chi connectivity index (χ1n) is 12.0. The second kappa shape index (κ2) is 8.43. The zero-order valence-corrected chi connectivity index (χ0v) is 18.5. The highest BCUT2D eigenvalue weighted by atomic mass is 16.7. The smallest absolute Gasteiger partial charge is 0.434 e. The van der Waals surface area contributed by atoms with Crippen molar-refractivity contribution in [3.63, 3.8) is 0 Å². The molecule has 3 saturated carbocycles. The average molecular weight is 403 g/mol. The third kappa shape index (κ3) is 3.88. The Morgan fingerprint density at radius 1 is 1.21 bits per heavy atom. The Balaban J connectivity index is 1.43. The Morgan fingerprint density at radius 2 is 2.03 bits per heavy atom. The Bertz CT molecular complexity index is 668. The highest BCUT2D eigenvalue weighted by Gasteiger charge is 2.59. The van der Waals surface area contributed by atoms with Gasteiger partial charge in [-0.25, -0.2) is 4.79 Å². The summed E-state index contributed by atoms with van der Waals surface area (Å²) in [7, 11) is 0. The third-order valence-corrected chi connectivity index (χ3v) is 8.76. The van der Waals surface area contributed by atoms with Gasteiger partial charge in [-0.15, -0.1) is 0 Å². The lowest BCUT2D eigenvalue weighted by Crippen LogP contribution is -2.50. The highest BCUT2D eigenvalue weighted by molar-refractivity contribution is 5.91. The third-order valence-electron chi connectivity index (χ3n) is 8.76. The molecule has 0 aliphatic heterocycles. The molecule has 0 aromatic rings. The quantitative estimate of drug-likeness (QED) is 0.413. The van der Waals surface area contributed by atoms with Gasteiger partial charge in [-0.05, 0) is 80.6 Å². The summed E-state index contributed by atoms with van der Waals surface area (Å²) >= 11 is 0. The second-order valence-electron chi connectivity index (χ2n) is 10.4. The van der Waals surface area contributed by atoms with Gasteiger partial charge in [0.25, 0.3) is 0 Å². The van der Waals surface area contributed by atoms with E-state index in [0.29, 0.717) is 42.0 Å². The van der Waals surface area contributed by atoms with Crippen molar-refractivity contribution < 1.29 is 19.1 Å². The van der Waals surface area contributed by atoms with Gasteiger partial charge < -0.3 is 9.47 Å². The van der Waals surface area contributed by atoms with Crippen LogP contribution in [0.3, 0.4) is 0 Å². The predicted molar refractivity (Wildman–Crippen MR) is 112 cm³/mol. The van der Waals surface area contributed by atoms with Crippen LogP contribution >= 0.6 is 0 Å². The zero-order valence-electron chi connectivity index (χ0n) is 18.5. The first-order chi connectivity index (χ1) is 13.9. The molecule has 0 amide bonds. The maximum atomic E-state index is 12.3. The van der Waals surface area contributed by atoms with Gasteiger partial charge in [0.15, 0.2) is 5.78 Å². The second-order valence-corrected chi connectivity index (χ2v) is 10.4. The normalized spacial score (nSPS) is 41.1. The van der Waals surface area contributed by atoms with E-state index in [1.165, 1.54) is 12.0 Å². The SMILES string of the molecule is CCCCCOC(=O)O[C@H]1CCC2C3C(CC[C@@]21C)C1CCC(=O)C=C1C[C@H]3C. The maximum absolute atomic E-state index is 12.3. The lowest BCUT2D eigenvalue weighted by Gasteiger charge is -2.55. The molecule has 0 radical (unpaired) electrons. The summed E-state index contributed by atoms with van der Waals surface area (Å²) in [6, 6.07) is 0. The number of hydrogen-bond donors (Lipinski definition) is 0. The minimum absolute atomic E-state index is 0.0100. The lowest BCUT2D eigenvalue weighted by molar-refractivity contribution is -0.116. The monoisotopic (exact) mass is 402 g/mol. The van der Waals surface area contributed by atoms with Gasteiger partial charge in [0, 0.05) is 11.8 Å². The topological polar surface area (TPSA) is 52.6 Å². The molecule has 4 unspecified atom stereocenters. The first-order valence-corrected chi connectivity index (χ1v) is 12.0. The van der Waals surface area contributed by atoms with Gasteiger partial charge in [-0.3, -0.25) is 4.79 Å². The number of ether oxygens (including phenoxy) is 2. The lowest BCUT2D eigenvalue weighted by atomic mass is 9.49. The molecule has 7 atom stereocenters. The summed E-state index contributed by atoms with van der Waals surface area (Å²) in [5.41, 5.74) is 1.50. The molecule has 3 fully saturated rings. The molecule has 0 spiro atoms. The van der Waals surface area contributed by atoms with Crippen molar-refractivity contribution in [3.8, 4) is 0 Å². The molecule has 4 rings (SSSR count). The van der Waals surface area contributed by atoms with Gasteiger partial charge in [0.2, 0.25) is 0 Å². The first kappa shape index (κ1) is 20.9. The van der Waals surface area contributed by atoms with Crippen LogP contribution in [0.5, 0.6) is 0 Å². The molecule has 4 aliphatic carbocycles. The van der Waals surface area contributed by atoms with Crippen LogP contribution in [-0.2, 0) is 14.3 Å². The summed E-state index contributed by atoms with van der Waals surface area (Å²) in [6.45, 7) is 7.36. The summed E-state index contributed by atoms with van der Waals surface area (Å²) in [4.78, 5) is 24.2. The number of ketones is 1. The molecular weight excluding hydrogens is 364 g/mol. The van der Waals surface area contributed by atoms with Crippen molar-refractivity contribution in [3.05, 3.63) is 11.6 Å². The van der Waals surface area contributed by atoms with Crippen LogP contribution in [0, 0.1) is 35.0 Å². The summed E-state index contributed by atoms with van der Waals surface area (Å²) < 4.78 is 11.2. The van der Waals surface area contributed by atoms with Crippen LogP contribution in [0.15, 0.2) is 11.6 Å². The average Bonchev–Trinajstić information content (AvgIpc) is 3.01. The highest BCUT2D eigenvalue weighted by Crippen LogP contribution is 2.63. The van der Waals surface area contributed by atoms with Gasteiger partial charge in [-0.2, -0.15) is 0 Å². The number of carbonyl (C=O) groups excluding carboxylic acids is 2. The molecule has 0 saturated heterocycles.